The topological polar surface area (TPSA) is 29.5 Å². The van der Waals surface area contributed by atoms with E-state index in [2.05, 4.69) is 52.0 Å². The van der Waals surface area contributed by atoms with Crippen LogP contribution in [0.25, 0.3) is 0 Å². The highest BCUT2D eigenvalue weighted by Gasteiger charge is 2.29. The largest absolute Gasteiger partial charge is 0.378 e. The maximum absolute atomic E-state index is 12.8. The van der Waals surface area contributed by atoms with Gasteiger partial charge in [-0.3, -0.25) is 4.79 Å². The molecule has 21 heavy (non-hydrogen) atoms. The van der Waals surface area contributed by atoms with Crippen LogP contribution in [-0.2, 0) is 9.53 Å². The number of hydrogen-bond donors (Lipinski definition) is 0. The van der Waals surface area contributed by atoms with Crippen molar-refractivity contribution in [3.05, 3.63) is 35.4 Å². The van der Waals surface area contributed by atoms with Crippen LogP contribution in [0, 0.1) is 5.92 Å². The van der Waals surface area contributed by atoms with Crippen LogP contribution in [0.1, 0.15) is 50.7 Å². The van der Waals surface area contributed by atoms with E-state index in [1.54, 1.807) is 0 Å². The fourth-order valence-electron chi connectivity index (χ4n) is 2.88. The molecule has 0 aliphatic carbocycles. The number of morpholine rings is 1. The van der Waals surface area contributed by atoms with E-state index in [1.165, 1.54) is 5.56 Å². The Hall–Kier alpha value is -1.35. The third-order valence-electron chi connectivity index (χ3n) is 4.22. The van der Waals surface area contributed by atoms with E-state index in [0.29, 0.717) is 38.1 Å². The Morgan fingerprint density at radius 2 is 1.52 bits per heavy atom. The van der Waals surface area contributed by atoms with Crippen LogP contribution in [0.3, 0.4) is 0 Å². The van der Waals surface area contributed by atoms with Crippen LogP contribution in [0.4, 0.5) is 0 Å². The first kappa shape index (κ1) is 16.0. The van der Waals surface area contributed by atoms with Crippen molar-refractivity contribution in [3.8, 4) is 0 Å². The fourth-order valence-corrected chi connectivity index (χ4v) is 2.88. The second-order valence-corrected chi connectivity index (χ2v) is 6.48. The van der Waals surface area contributed by atoms with Crippen LogP contribution >= 0.6 is 0 Å². The molecule has 1 unspecified atom stereocenters. The standard InChI is InChI=1S/C18H27NO2/c1-13(2)15-5-7-16(8-6-15)17(14(3)4)18(20)19-9-11-21-12-10-19/h5-8,13-14,17H,9-12H2,1-4H3. The van der Waals surface area contributed by atoms with Crippen molar-refractivity contribution in [1.82, 2.24) is 4.90 Å². The second-order valence-electron chi connectivity index (χ2n) is 6.48. The van der Waals surface area contributed by atoms with Gasteiger partial charge in [-0.1, -0.05) is 52.0 Å². The van der Waals surface area contributed by atoms with Crippen molar-refractivity contribution in [1.29, 1.82) is 0 Å². The Balaban J connectivity index is 2.19. The molecule has 1 aromatic carbocycles. The van der Waals surface area contributed by atoms with Gasteiger partial charge in [0.2, 0.25) is 5.91 Å². The smallest absolute Gasteiger partial charge is 0.230 e. The lowest BCUT2D eigenvalue weighted by Crippen LogP contribution is -2.44. The van der Waals surface area contributed by atoms with Crippen LogP contribution in [0.2, 0.25) is 0 Å². The minimum Gasteiger partial charge on any atom is -0.378 e. The predicted octanol–water partition coefficient (Wildman–Crippen LogP) is 3.41. The number of nitrogens with zero attached hydrogens (tertiary/aromatic N) is 1. The summed E-state index contributed by atoms with van der Waals surface area (Å²) in [6.45, 7) is 11.4. The number of rotatable bonds is 4. The van der Waals surface area contributed by atoms with Gasteiger partial charge < -0.3 is 9.64 Å². The molecule has 3 heteroatoms. The zero-order valence-electron chi connectivity index (χ0n) is 13.6. The fraction of sp³-hybridized carbons (Fsp3) is 0.611. The number of benzene rings is 1. The molecule has 1 atom stereocenters. The van der Waals surface area contributed by atoms with Gasteiger partial charge in [0, 0.05) is 13.1 Å². The zero-order chi connectivity index (χ0) is 15.4. The Kier molecular flexibility index (Phi) is 5.40. The molecule has 1 amide bonds. The Labute approximate surface area is 128 Å². The second kappa shape index (κ2) is 7.08. The minimum atomic E-state index is -0.0516. The maximum Gasteiger partial charge on any atom is 0.230 e. The molecule has 0 spiro atoms. The highest BCUT2D eigenvalue weighted by molar-refractivity contribution is 5.84. The molecule has 1 aromatic rings. The Morgan fingerprint density at radius 3 is 2.00 bits per heavy atom. The van der Waals surface area contributed by atoms with Crippen LogP contribution in [0.5, 0.6) is 0 Å². The third kappa shape index (κ3) is 3.85. The lowest BCUT2D eigenvalue weighted by atomic mass is 9.86. The van der Waals surface area contributed by atoms with Crippen molar-refractivity contribution in [2.75, 3.05) is 26.3 Å². The Morgan fingerprint density at radius 1 is 1.00 bits per heavy atom. The van der Waals surface area contributed by atoms with Gasteiger partial charge in [-0.25, -0.2) is 0 Å². The highest BCUT2D eigenvalue weighted by Crippen LogP contribution is 2.28. The molecule has 0 N–H and O–H groups in total. The molecule has 1 saturated heterocycles. The molecule has 0 bridgehead atoms. The van der Waals surface area contributed by atoms with Gasteiger partial charge in [0.25, 0.3) is 0 Å². The average Bonchev–Trinajstić information content (AvgIpc) is 2.48. The molecule has 0 aromatic heterocycles. The van der Waals surface area contributed by atoms with Crippen LogP contribution in [0.15, 0.2) is 24.3 Å². The number of hydrogen-bond acceptors (Lipinski definition) is 2. The summed E-state index contributed by atoms with van der Waals surface area (Å²) in [5, 5.41) is 0. The summed E-state index contributed by atoms with van der Waals surface area (Å²) in [6, 6.07) is 8.56. The summed E-state index contributed by atoms with van der Waals surface area (Å²) in [7, 11) is 0. The van der Waals surface area contributed by atoms with E-state index in [-0.39, 0.29) is 11.8 Å². The van der Waals surface area contributed by atoms with Crippen LogP contribution < -0.4 is 0 Å². The summed E-state index contributed by atoms with van der Waals surface area (Å²) in [4.78, 5) is 14.8. The molecule has 1 fully saturated rings. The predicted molar refractivity (Wildman–Crippen MR) is 85.5 cm³/mol. The van der Waals surface area contributed by atoms with Crippen molar-refractivity contribution in [3.63, 3.8) is 0 Å². The summed E-state index contributed by atoms with van der Waals surface area (Å²) in [5.74, 6) is 1.01. The number of ether oxygens (including phenoxy) is 1. The molecule has 0 saturated carbocycles. The number of carbonyl (C=O) groups is 1. The number of carbonyl (C=O) groups excluding carboxylic acids is 1. The molecule has 3 nitrogen and oxygen atoms in total. The van der Waals surface area contributed by atoms with E-state index in [0.717, 1.165) is 5.56 Å². The average molecular weight is 289 g/mol. The van der Waals surface area contributed by atoms with E-state index in [1.807, 2.05) is 4.90 Å². The molecule has 1 aliphatic rings. The molecule has 2 rings (SSSR count). The van der Waals surface area contributed by atoms with E-state index in [9.17, 15) is 4.79 Å². The molecular weight excluding hydrogens is 262 g/mol. The lowest BCUT2D eigenvalue weighted by Gasteiger charge is -2.32. The first-order valence-corrected chi connectivity index (χ1v) is 7.97. The first-order chi connectivity index (χ1) is 10.0. The summed E-state index contributed by atoms with van der Waals surface area (Å²) in [6.07, 6.45) is 0. The zero-order valence-corrected chi connectivity index (χ0v) is 13.6. The monoisotopic (exact) mass is 289 g/mol. The molecular formula is C18H27NO2. The van der Waals surface area contributed by atoms with Gasteiger partial charge in [-0.2, -0.15) is 0 Å². The maximum atomic E-state index is 12.8. The van der Waals surface area contributed by atoms with Gasteiger partial charge >= 0.3 is 0 Å². The van der Waals surface area contributed by atoms with Crippen LogP contribution in [-0.4, -0.2) is 37.1 Å². The summed E-state index contributed by atoms with van der Waals surface area (Å²) >= 11 is 0. The third-order valence-corrected chi connectivity index (χ3v) is 4.22. The quantitative estimate of drug-likeness (QED) is 0.850. The lowest BCUT2D eigenvalue weighted by molar-refractivity contribution is -0.137. The van der Waals surface area contributed by atoms with Crippen molar-refractivity contribution in [2.45, 2.75) is 39.5 Å². The highest BCUT2D eigenvalue weighted by atomic mass is 16.5. The van der Waals surface area contributed by atoms with E-state index in [4.69, 9.17) is 4.74 Å². The molecule has 1 heterocycles. The SMILES string of the molecule is CC(C)c1ccc(C(C(=O)N2CCOCC2)C(C)C)cc1. The molecule has 0 radical (unpaired) electrons. The summed E-state index contributed by atoms with van der Waals surface area (Å²) < 4.78 is 5.34. The van der Waals surface area contributed by atoms with Crippen molar-refractivity contribution in [2.24, 2.45) is 5.92 Å². The van der Waals surface area contributed by atoms with Gasteiger partial charge in [0.15, 0.2) is 0 Å². The van der Waals surface area contributed by atoms with Gasteiger partial charge in [0.1, 0.15) is 0 Å². The first-order valence-electron chi connectivity index (χ1n) is 7.97. The van der Waals surface area contributed by atoms with Crippen molar-refractivity contribution >= 4 is 5.91 Å². The molecule has 116 valence electrons. The minimum absolute atomic E-state index is 0.0516. The van der Waals surface area contributed by atoms with E-state index < -0.39 is 0 Å². The van der Waals surface area contributed by atoms with Gasteiger partial charge in [-0.15, -0.1) is 0 Å². The van der Waals surface area contributed by atoms with Gasteiger partial charge in [0.05, 0.1) is 19.1 Å². The summed E-state index contributed by atoms with van der Waals surface area (Å²) in [5.41, 5.74) is 2.45. The van der Waals surface area contributed by atoms with Crippen molar-refractivity contribution < 1.29 is 9.53 Å². The van der Waals surface area contributed by atoms with Gasteiger partial charge in [-0.05, 0) is 23.0 Å². The Bertz CT molecular complexity index is 459. The molecule has 1 aliphatic heterocycles. The normalized spacial score (nSPS) is 17.3. The number of amides is 1. The van der Waals surface area contributed by atoms with E-state index >= 15 is 0 Å².